The second-order valence-electron chi connectivity index (χ2n) is 2.31. The van der Waals surface area contributed by atoms with Gasteiger partial charge in [0.25, 0.3) is 11.7 Å². The highest BCUT2D eigenvalue weighted by molar-refractivity contribution is 9.10. The second-order valence-corrected chi connectivity index (χ2v) is 3.13. The summed E-state index contributed by atoms with van der Waals surface area (Å²) in [7, 11) is 0. The Balaban J connectivity index is 2.63. The SMILES string of the molecule is O=C1Nc2ccc(Br)nc2C1=O. The highest BCUT2D eigenvalue weighted by Gasteiger charge is 2.29. The van der Waals surface area contributed by atoms with Crippen molar-refractivity contribution in [1.29, 1.82) is 0 Å². The first kappa shape index (κ1) is 7.42. The number of rotatable bonds is 0. The zero-order chi connectivity index (χ0) is 8.72. The van der Waals surface area contributed by atoms with Crippen LogP contribution in [-0.4, -0.2) is 16.7 Å². The minimum atomic E-state index is -0.615. The molecule has 0 fully saturated rings. The van der Waals surface area contributed by atoms with Crippen LogP contribution in [0.3, 0.4) is 0 Å². The van der Waals surface area contributed by atoms with E-state index in [1.54, 1.807) is 12.1 Å². The summed E-state index contributed by atoms with van der Waals surface area (Å²) in [4.78, 5) is 25.7. The predicted molar refractivity (Wildman–Crippen MR) is 44.9 cm³/mol. The minimum Gasteiger partial charge on any atom is -0.317 e. The molecule has 2 heterocycles. The van der Waals surface area contributed by atoms with Crippen LogP contribution >= 0.6 is 15.9 Å². The third kappa shape index (κ3) is 0.937. The highest BCUT2D eigenvalue weighted by Crippen LogP contribution is 2.22. The summed E-state index contributed by atoms with van der Waals surface area (Å²) < 4.78 is 0.547. The normalized spacial score (nSPS) is 14.4. The van der Waals surface area contributed by atoms with Crippen molar-refractivity contribution in [2.75, 3.05) is 5.32 Å². The van der Waals surface area contributed by atoms with Crippen LogP contribution < -0.4 is 5.32 Å². The smallest absolute Gasteiger partial charge is 0.298 e. The Morgan fingerprint density at radius 2 is 2.08 bits per heavy atom. The predicted octanol–water partition coefficient (Wildman–Crippen LogP) is 0.979. The topological polar surface area (TPSA) is 59.1 Å². The van der Waals surface area contributed by atoms with Crippen LogP contribution in [0.2, 0.25) is 0 Å². The van der Waals surface area contributed by atoms with E-state index < -0.39 is 11.7 Å². The quantitative estimate of drug-likeness (QED) is 0.530. The largest absolute Gasteiger partial charge is 0.317 e. The second kappa shape index (κ2) is 2.38. The molecule has 0 unspecified atom stereocenters. The summed E-state index contributed by atoms with van der Waals surface area (Å²) in [6.45, 7) is 0. The van der Waals surface area contributed by atoms with E-state index in [9.17, 15) is 9.59 Å². The fraction of sp³-hybridized carbons (Fsp3) is 0. The number of anilines is 1. The summed E-state index contributed by atoms with van der Waals surface area (Å²) in [5.41, 5.74) is 0.669. The molecule has 1 N–H and O–H groups in total. The number of carbonyl (C=O) groups excluding carboxylic acids is 2. The average molecular weight is 227 g/mol. The van der Waals surface area contributed by atoms with E-state index in [1.807, 2.05) is 0 Å². The summed E-state index contributed by atoms with van der Waals surface area (Å²) in [5.74, 6) is -1.19. The van der Waals surface area contributed by atoms with E-state index >= 15 is 0 Å². The molecular weight excluding hydrogens is 224 g/mol. The summed E-state index contributed by atoms with van der Waals surface area (Å²) in [6, 6.07) is 3.30. The number of pyridine rings is 1. The number of halogens is 1. The maximum atomic E-state index is 11.1. The lowest BCUT2D eigenvalue weighted by Crippen LogP contribution is -2.12. The molecule has 0 spiro atoms. The van der Waals surface area contributed by atoms with Gasteiger partial charge in [-0.25, -0.2) is 4.98 Å². The fourth-order valence-corrected chi connectivity index (χ4v) is 1.31. The number of aromatic nitrogens is 1. The molecule has 2 rings (SSSR count). The number of carbonyl (C=O) groups is 2. The standard InChI is InChI=1S/C7H3BrN2O2/c8-4-2-1-3-5(10-4)6(11)7(12)9-3/h1-2H,(H,9,11,12). The van der Waals surface area contributed by atoms with Gasteiger partial charge in [0, 0.05) is 0 Å². The molecular formula is C7H3BrN2O2. The van der Waals surface area contributed by atoms with E-state index in [4.69, 9.17) is 0 Å². The molecule has 0 atom stereocenters. The van der Waals surface area contributed by atoms with Crippen molar-refractivity contribution in [1.82, 2.24) is 4.98 Å². The van der Waals surface area contributed by atoms with Crippen LogP contribution in [0.4, 0.5) is 5.69 Å². The fourth-order valence-electron chi connectivity index (χ4n) is 0.996. The Kier molecular flexibility index (Phi) is 1.47. The number of nitrogens with zero attached hydrogens (tertiary/aromatic N) is 1. The Morgan fingerprint density at radius 1 is 1.33 bits per heavy atom. The Labute approximate surface area is 76.1 Å². The Hall–Kier alpha value is -1.23. The van der Waals surface area contributed by atoms with Gasteiger partial charge in [-0.05, 0) is 28.1 Å². The van der Waals surface area contributed by atoms with Gasteiger partial charge >= 0.3 is 0 Å². The van der Waals surface area contributed by atoms with Gasteiger partial charge < -0.3 is 5.32 Å². The molecule has 0 radical (unpaired) electrons. The van der Waals surface area contributed by atoms with E-state index in [0.717, 1.165) is 0 Å². The minimum absolute atomic E-state index is 0.189. The molecule has 1 aliphatic heterocycles. The van der Waals surface area contributed by atoms with Crippen molar-refractivity contribution < 1.29 is 9.59 Å². The van der Waals surface area contributed by atoms with E-state index in [-0.39, 0.29) is 5.69 Å². The third-order valence-corrected chi connectivity index (χ3v) is 1.97. The first-order valence-corrected chi connectivity index (χ1v) is 4.00. The molecule has 0 aliphatic carbocycles. The molecule has 4 nitrogen and oxygen atoms in total. The Morgan fingerprint density at radius 3 is 2.83 bits per heavy atom. The Bertz CT molecular complexity index is 389. The van der Waals surface area contributed by atoms with Crippen molar-refractivity contribution in [2.45, 2.75) is 0 Å². The van der Waals surface area contributed by atoms with Crippen LogP contribution in [0.25, 0.3) is 0 Å². The van der Waals surface area contributed by atoms with Gasteiger partial charge in [-0.3, -0.25) is 9.59 Å². The highest BCUT2D eigenvalue weighted by atomic mass is 79.9. The van der Waals surface area contributed by atoms with Crippen molar-refractivity contribution in [2.24, 2.45) is 0 Å². The monoisotopic (exact) mass is 226 g/mol. The maximum absolute atomic E-state index is 11.1. The molecule has 12 heavy (non-hydrogen) atoms. The van der Waals surface area contributed by atoms with Gasteiger partial charge in [0.2, 0.25) is 0 Å². The van der Waals surface area contributed by atoms with Gasteiger partial charge in [-0.2, -0.15) is 0 Å². The van der Waals surface area contributed by atoms with E-state index in [0.29, 0.717) is 10.3 Å². The molecule has 1 aromatic heterocycles. The lowest BCUT2D eigenvalue weighted by molar-refractivity contribution is -0.112. The van der Waals surface area contributed by atoms with Crippen molar-refractivity contribution in [3.63, 3.8) is 0 Å². The van der Waals surface area contributed by atoms with Gasteiger partial charge in [-0.1, -0.05) is 0 Å². The van der Waals surface area contributed by atoms with Crippen molar-refractivity contribution >= 4 is 33.3 Å². The molecule has 1 amide bonds. The molecule has 1 aromatic rings. The summed E-state index contributed by atoms with van der Waals surface area (Å²) in [6.07, 6.45) is 0. The van der Waals surface area contributed by atoms with Gasteiger partial charge in [0.1, 0.15) is 10.3 Å². The van der Waals surface area contributed by atoms with Crippen molar-refractivity contribution in [3.8, 4) is 0 Å². The van der Waals surface area contributed by atoms with Gasteiger partial charge in [-0.15, -0.1) is 0 Å². The van der Waals surface area contributed by atoms with Crippen LogP contribution in [-0.2, 0) is 4.79 Å². The van der Waals surface area contributed by atoms with Crippen LogP contribution in [0.15, 0.2) is 16.7 Å². The third-order valence-electron chi connectivity index (χ3n) is 1.53. The van der Waals surface area contributed by atoms with Gasteiger partial charge in [0.15, 0.2) is 0 Å². The zero-order valence-corrected chi connectivity index (χ0v) is 7.38. The number of Topliss-reactive ketones (excluding diaryl/α,β-unsaturated/α-hetero) is 1. The molecule has 5 heteroatoms. The summed E-state index contributed by atoms with van der Waals surface area (Å²) in [5, 5.41) is 2.40. The molecule has 0 aromatic carbocycles. The van der Waals surface area contributed by atoms with Crippen LogP contribution in [0.5, 0.6) is 0 Å². The summed E-state index contributed by atoms with van der Waals surface area (Å²) >= 11 is 3.11. The number of hydrogen-bond acceptors (Lipinski definition) is 3. The number of nitrogens with one attached hydrogen (secondary N) is 1. The van der Waals surface area contributed by atoms with Crippen molar-refractivity contribution in [3.05, 3.63) is 22.4 Å². The lowest BCUT2D eigenvalue weighted by Gasteiger charge is -1.94. The van der Waals surface area contributed by atoms with Gasteiger partial charge in [0.05, 0.1) is 5.69 Å². The molecule has 0 bridgehead atoms. The molecule has 60 valence electrons. The number of fused-ring (bicyclic) bond motifs is 1. The number of amides is 1. The maximum Gasteiger partial charge on any atom is 0.298 e. The lowest BCUT2D eigenvalue weighted by atomic mass is 10.3. The van der Waals surface area contributed by atoms with E-state index in [1.165, 1.54) is 0 Å². The molecule has 0 saturated carbocycles. The molecule has 1 aliphatic rings. The number of ketones is 1. The first-order valence-electron chi connectivity index (χ1n) is 3.21. The zero-order valence-electron chi connectivity index (χ0n) is 5.80. The van der Waals surface area contributed by atoms with Crippen LogP contribution in [0.1, 0.15) is 10.5 Å². The van der Waals surface area contributed by atoms with Crippen LogP contribution in [0, 0.1) is 0 Å². The number of hydrogen-bond donors (Lipinski definition) is 1. The average Bonchev–Trinajstić information content (AvgIpc) is 2.31. The van der Waals surface area contributed by atoms with E-state index in [2.05, 4.69) is 26.2 Å². The first-order chi connectivity index (χ1) is 5.68. The molecule has 0 saturated heterocycles.